The minimum absolute atomic E-state index is 0.0145. The summed E-state index contributed by atoms with van der Waals surface area (Å²) in [5.41, 5.74) is 0.564. The maximum atomic E-state index is 12.7. The van der Waals surface area contributed by atoms with Crippen LogP contribution < -0.4 is 4.74 Å². The lowest BCUT2D eigenvalue weighted by molar-refractivity contribution is -0.123. The monoisotopic (exact) mass is 503 g/mol. The zero-order chi connectivity index (χ0) is 23.5. The molecule has 0 bridgehead atoms. The van der Waals surface area contributed by atoms with Crippen LogP contribution in [0, 0.1) is 0 Å². The normalized spacial score (nSPS) is 14.8. The van der Waals surface area contributed by atoms with Crippen molar-refractivity contribution in [3.8, 4) is 17.1 Å². The van der Waals surface area contributed by atoms with Crippen molar-refractivity contribution < 1.29 is 28.6 Å². The lowest BCUT2D eigenvalue weighted by atomic mass is 10.1. The predicted molar refractivity (Wildman–Crippen MR) is 126 cm³/mol. The van der Waals surface area contributed by atoms with Gasteiger partial charge >= 0.3 is 5.97 Å². The molecule has 168 valence electrons. The Labute approximate surface area is 202 Å². The van der Waals surface area contributed by atoms with E-state index in [4.69, 9.17) is 37.5 Å². The lowest BCUT2D eigenvalue weighted by Crippen LogP contribution is -2.32. The van der Waals surface area contributed by atoms with Gasteiger partial charge in [-0.3, -0.25) is 14.5 Å². The molecular weight excluding hydrogens is 489 g/mol. The molecule has 0 aliphatic carbocycles. The van der Waals surface area contributed by atoms with E-state index in [1.54, 1.807) is 42.5 Å². The molecule has 4 rings (SSSR count). The number of hydrogen-bond donors (Lipinski definition) is 1. The van der Waals surface area contributed by atoms with Gasteiger partial charge in [0.25, 0.3) is 11.1 Å². The van der Waals surface area contributed by atoms with Crippen LogP contribution in [0.2, 0.25) is 10.0 Å². The molecule has 7 nitrogen and oxygen atoms in total. The average Bonchev–Trinajstić information content (AvgIpc) is 3.34. The molecule has 0 spiro atoms. The summed E-state index contributed by atoms with van der Waals surface area (Å²) in [6.45, 7) is 0.179. The number of rotatable bonds is 7. The Hall–Kier alpha value is -3.20. The van der Waals surface area contributed by atoms with Gasteiger partial charge in [0, 0.05) is 11.6 Å². The van der Waals surface area contributed by atoms with Crippen molar-refractivity contribution in [1.29, 1.82) is 0 Å². The SMILES string of the molecule is O=C(O)c1ccc(-c2ccc(/C=C3\SC(=O)N(CCOc4ccccc4Cl)C3=O)o2)cc1Cl. The van der Waals surface area contributed by atoms with Crippen molar-refractivity contribution in [3.63, 3.8) is 0 Å². The number of aromatic carboxylic acids is 1. The molecule has 10 heteroatoms. The fourth-order valence-electron chi connectivity index (χ4n) is 3.06. The molecule has 1 saturated heterocycles. The molecule has 0 unspecified atom stereocenters. The number of carbonyl (C=O) groups excluding carboxylic acids is 2. The minimum atomic E-state index is -1.13. The predicted octanol–water partition coefficient (Wildman–Crippen LogP) is 6.07. The number of para-hydroxylation sites is 1. The van der Waals surface area contributed by atoms with Gasteiger partial charge in [-0.05, 0) is 48.2 Å². The quantitative estimate of drug-likeness (QED) is 0.390. The number of thioether (sulfide) groups is 1. The van der Waals surface area contributed by atoms with Crippen molar-refractivity contribution in [3.05, 3.63) is 80.9 Å². The Balaban J connectivity index is 1.43. The summed E-state index contributed by atoms with van der Waals surface area (Å²) in [6.07, 6.45) is 1.48. The molecule has 2 aromatic carbocycles. The van der Waals surface area contributed by atoms with E-state index in [-0.39, 0.29) is 28.6 Å². The van der Waals surface area contributed by atoms with Gasteiger partial charge in [0.15, 0.2) is 0 Å². The number of hydrogen-bond acceptors (Lipinski definition) is 6. The second-order valence-electron chi connectivity index (χ2n) is 6.81. The average molecular weight is 504 g/mol. The third-order valence-corrected chi connectivity index (χ3v) is 6.20. The topological polar surface area (TPSA) is 97.0 Å². The number of carboxylic acids is 1. The summed E-state index contributed by atoms with van der Waals surface area (Å²) in [5, 5.41) is 9.21. The van der Waals surface area contributed by atoms with E-state index in [0.717, 1.165) is 16.7 Å². The van der Waals surface area contributed by atoms with Crippen molar-refractivity contribution in [2.75, 3.05) is 13.2 Å². The van der Waals surface area contributed by atoms with Crippen molar-refractivity contribution in [2.24, 2.45) is 0 Å². The number of carbonyl (C=O) groups is 3. The maximum Gasteiger partial charge on any atom is 0.337 e. The third-order valence-electron chi connectivity index (χ3n) is 4.67. The van der Waals surface area contributed by atoms with E-state index >= 15 is 0 Å². The van der Waals surface area contributed by atoms with Crippen LogP contribution in [0.4, 0.5) is 4.79 Å². The van der Waals surface area contributed by atoms with Gasteiger partial charge in [0.1, 0.15) is 23.9 Å². The van der Waals surface area contributed by atoms with Crippen LogP contribution in [0.25, 0.3) is 17.4 Å². The summed E-state index contributed by atoms with van der Waals surface area (Å²) in [5.74, 6) is -0.297. The number of amides is 2. The fraction of sp³-hybridized carbons (Fsp3) is 0.0870. The summed E-state index contributed by atoms with van der Waals surface area (Å²) in [7, 11) is 0. The molecule has 1 aliphatic heterocycles. The van der Waals surface area contributed by atoms with Gasteiger partial charge in [-0.1, -0.05) is 41.4 Å². The number of carboxylic acid groups (broad SMARTS) is 1. The summed E-state index contributed by atoms with van der Waals surface area (Å²) >= 11 is 12.9. The second-order valence-corrected chi connectivity index (χ2v) is 8.62. The Morgan fingerprint density at radius 2 is 1.88 bits per heavy atom. The van der Waals surface area contributed by atoms with Crippen LogP contribution in [0.15, 0.2) is 63.9 Å². The first-order valence-corrected chi connectivity index (χ1v) is 11.2. The number of benzene rings is 2. The van der Waals surface area contributed by atoms with Gasteiger partial charge in [-0.15, -0.1) is 0 Å². The molecule has 1 fully saturated rings. The van der Waals surface area contributed by atoms with Gasteiger partial charge in [0.05, 0.1) is 27.1 Å². The number of imide groups is 1. The molecule has 0 saturated carbocycles. The van der Waals surface area contributed by atoms with Gasteiger partial charge in [-0.25, -0.2) is 4.79 Å². The Morgan fingerprint density at radius 3 is 2.61 bits per heavy atom. The molecular formula is C23H15Cl2NO6S. The molecule has 1 N–H and O–H groups in total. The highest BCUT2D eigenvalue weighted by Crippen LogP contribution is 2.34. The first-order valence-electron chi connectivity index (χ1n) is 9.59. The van der Waals surface area contributed by atoms with E-state index in [1.807, 2.05) is 0 Å². The summed E-state index contributed by atoms with van der Waals surface area (Å²) in [4.78, 5) is 37.4. The molecule has 1 aromatic heterocycles. The Kier molecular flexibility index (Phi) is 6.78. The number of halogens is 2. The minimum Gasteiger partial charge on any atom is -0.490 e. The number of furan rings is 1. The standard InChI is InChI=1S/C23H15Cl2NO6S/c24-16-3-1-2-4-19(16)31-10-9-26-21(27)20(33-23(26)30)12-14-6-8-18(32-14)13-5-7-15(22(28)29)17(25)11-13/h1-8,11-12H,9-10H2,(H,28,29)/b20-12-. The van der Waals surface area contributed by atoms with Crippen LogP contribution in [0.3, 0.4) is 0 Å². The second kappa shape index (κ2) is 9.74. The van der Waals surface area contributed by atoms with E-state index in [0.29, 0.717) is 27.9 Å². The first kappa shape index (κ1) is 23.0. The van der Waals surface area contributed by atoms with Crippen molar-refractivity contribution in [2.45, 2.75) is 0 Å². The Morgan fingerprint density at radius 1 is 1.09 bits per heavy atom. The lowest BCUT2D eigenvalue weighted by Gasteiger charge is -2.13. The highest BCUT2D eigenvalue weighted by molar-refractivity contribution is 8.18. The summed E-state index contributed by atoms with van der Waals surface area (Å²) < 4.78 is 11.3. The van der Waals surface area contributed by atoms with E-state index in [1.165, 1.54) is 18.2 Å². The Bertz CT molecular complexity index is 1290. The van der Waals surface area contributed by atoms with Crippen molar-refractivity contribution in [1.82, 2.24) is 4.90 Å². The molecule has 0 atom stereocenters. The maximum absolute atomic E-state index is 12.7. The molecule has 33 heavy (non-hydrogen) atoms. The van der Waals surface area contributed by atoms with Crippen LogP contribution in [0.5, 0.6) is 5.75 Å². The van der Waals surface area contributed by atoms with E-state index < -0.39 is 17.1 Å². The molecule has 3 aromatic rings. The molecule has 2 amide bonds. The van der Waals surface area contributed by atoms with Gasteiger partial charge in [-0.2, -0.15) is 0 Å². The van der Waals surface area contributed by atoms with Crippen LogP contribution in [0.1, 0.15) is 16.1 Å². The van der Waals surface area contributed by atoms with Crippen LogP contribution in [-0.2, 0) is 4.79 Å². The summed E-state index contributed by atoms with van der Waals surface area (Å²) in [6, 6.07) is 14.7. The van der Waals surface area contributed by atoms with Crippen molar-refractivity contribution >= 4 is 58.2 Å². The van der Waals surface area contributed by atoms with Gasteiger partial charge < -0.3 is 14.3 Å². The number of nitrogens with zero attached hydrogens (tertiary/aromatic N) is 1. The zero-order valence-electron chi connectivity index (χ0n) is 16.8. The third kappa shape index (κ3) is 5.08. The highest BCUT2D eigenvalue weighted by atomic mass is 35.5. The molecule has 0 radical (unpaired) electrons. The van der Waals surface area contributed by atoms with Crippen LogP contribution in [-0.4, -0.2) is 40.3 Å². The molecule has 2 heterocycles. The van der Waals surface area contributed by atoms with Gasteiger partial charge in [0.2, 0.25) is 0 Å². The van der Waals surface area contributed by atoms with E-state index in [2.05, 4.69) is 0 Å². The molecule has 1 aliphatic rings. The first-order chi connectivity index (χ1) is 15.8. The largest absolute Gasteiger partial charge is 0.490 e. The van der Waals surface area contributed by atoms with Crippen LogP contribution >= 0.6 is 35.0 Å². The highest BCUT2D eigenvalue weighted by Gasteiger charge is 2.35. The smallest absolute Gasteiger partial charge is 0.337 e. The number of ether oxygens (including phenoxy) is 1. The fourth-order valence-corrected chi connectivity index (χ4v) is 4.35. The zero-order valence-corrected chi connectivity index (χ0v) is 19.1. The van der Waals surface area contributed by atoms with E-state index in [9.17, 15) is 14.4 Å².